The van der Waals surface area contributed by atoms with Crippen molar-refractivity contribution in [1.29, 1.82) is 0 Å². The first-order valence-corrected chi connectivity index (χ1v) is 9.28. The molecule has 4 rings (SSSR count). The molecule has 0 aliphatic heterocycles. The zero-order valence-corrected chi connectivity index (χ0v) is 16.9. The van der Waals surface area contributed by atoms with Crippen molar-refractivity contribution in [2.45, 2.75) is 20.0 Å². The van der Waals surface area contributed by atoms with Crippen LogP contribution in [0.25, 0.3) is 16.9 Å². The van der Waals surface area contributed by atoms with E-state index in [1.807, 2.05) is 0 Å². The van der Waals surface area contributed by atoms with Crippen LogP contribution in [0.2, 0.25) is 10.0 Å². The van der Waals surface area contributed by atoms with E-state index in [4.69, 9.17) is 28.3 Å². The Bertz CT molecular complexity index is 1430. The molecule has 1 N–H and O–H groups in total. The number of aliphatic carboxylic acids is 1. The van der Waals surface area contributed by atoms with Crippen LogP contribution >= 0.6 is 23.2 Å². The van der Waals surface area contributed by atoms with E-state index in [1.54, 1.807) is 31.3 Å². The molecule has 0 radical (unpaired) electrons. The predicted molar refractivity (Wildman–Crippen MR) is 108 cm³/mol. The van der Waals surface area contributed by atoms with Gasteiger partial charge < -0.3 is 9.67 Å². The molecule has 0 bridgehead atoms. The summed E-state index contributed by atoms with van der Waals surface area (Å²) in [6.07, 6.45) is 1.63. The molecule has 9 nitrogen and oxygen atoms in total. The van der Waals surface area contributed by atoms with Crippen molar-refractivity contribution in [3.8, 4) is 0 Å². The highest BCUT2D eigenvalue weighted by Gasteiger charge is 2.21. The van der Waals surface area contributed by atoms with Gasteiger partial charge in [-0.3, -0.25) is 23.1 Å². The molecule has 0 atom stereocenters. The Kier molecular flexibility index (Phi) is 4.51. The molecular formula is C18H15Cl2N5O4. The summed E-state index contributed by atoms with van der Waals surface area (Å²) in [5, 5.41) is 9.84. The smallest absolute Gasteiger partial charge is 0.332 e. The molecule has 4 aromatic rings. The van der Waals surface area contributed by atoms with Crippen LogP contribution in [0.15, 0.2) is 34.0 Å². The molecule has 0 fully saturated rings. The van der Waals surface area contributed by atoms with Crippen LogP contribution in [0, 0.1) is 6.92 Å². The zero-order chi connectivity index (χ0) is 21.0. The third-order valence-electron chi connectivity index (χ3n) is 4.76. The fraction of sp³-hybridized carbons (Fsp3) is 0.222. The van der Waals surface area contributed by atoms with Gasteiger partial charge in [0.25, 0.3) is 5.56 Å². The van der Waals surface area contributed by atoms with Gasteiger partial charge in [-0.1, -0.05) is 29.3 Å². The normalized spacial score (nSPS) is 11.6. The second-order valence-electron chi connectivity index (χ2n) is 6.69. The predicted octanol–water partition coefficient (Wildman–Crippen LogP) is 1.90. The number of hydrogen-bond acceptors (Lipinski definition) is 4. The Labute approximate surface area is 172 Å². The van der Waals surface area contributed by atoms with E-state index in [2.05, 4.69) is 4.98 Å². The van der Waals surface area contributed by atoms with Crippen LogP contribution in [0.5, 0.6) is 0 Å². The van der Waals surface area contributed by atoms with Gasteiger partial charge in [-0.15, -0.1) is 0 Å². The van der Waals surface area contributed by atoms with Gasteiger partial charge in [0.1, 0.15) is 6.54 Å². The summed E-state index contributed by atoms with van der Waals surface area (Å²) in [5.74, 6) is -0.761. The molecule has 0 amide bonds. The number of aryl methyl sites for hydroxylation is 2. The van der Waals surface area contributed by atoms with E-state index < -0.39 is 17.2 Å². The van der Waals surface area contributed by atoms with Crippen molar-refractivity contribution in [2.75, 3.05) is 0 Å². The molecule has 3 aromatic heterocycles. The number of imidazole rings is 2. The Morgan fingerprint density at radius 2 is 1.90 bits per heavy atom. The second kappa shape index (κ2) is 6.78. The highest BCUT2D eigenvalue weighted by Crippen LogP contribution is 2.23. The standard InChI is InChI=1S/C18H15Cl2N5O4/c1-9-6-24-14-15(21-17(24)23(9)8-13(26)27)22(2)18(29)25(16(14)28)7-10-3-4-11(19)12(20)5-10/h3-6H,7-8H2,1-2H3,(H,26,27). The van der Waals surface area contributed by atoms with Crippen molar-refractivity contribution in [3.05, 3.63) is 66.5 Å². The maximum atomic E-state index is 13.2. The molecule has 0 saturated carbocycles. The van der Waals surface area contributed by atoms with Gasteiger partial charge in [-0.05, 0) is 24.6 Å². The van der Waals surface area contributed by atoms with Crippen LogP contribution < -0.4 is 11.2 Å². The maximum Gasteiger partial charge on any atom is 0.332 e. The summed E-state index contributed by atoms with van der Waals surface area (Å²) in [7, 11) is 1.51. The molecule has 150 valence electrons. The largest absolute Gasteiger partial charge is 0.480 e. The van der Waals surface area contributed by atoms with E-state index in [1.165, 1.54) is 20.6 Å². The third-order valence-corrected chi connectivity index (χ3v) is 5.50. The Hall–Kier alpha value is -3.04. The van der Waals surface area contributed by atoms with Crippen LogP contribution in [-0.2, 0) is 24.9 Å². The molecule has 0 spiro atoms. The van der Waals surface area contributed by atoms with Crippen molar-refractivity contribution in [2.24, 2.45) is 7.05 Å². The first-order valence-electron chi connectivity index (χ1n) is 8.52. The van der Waals surface area contributed by atoms with Gasteiger partial charge in [0, 0.05) is 18.9 Å². The first kappa shape index (κ1) is 19.3. The lowest BCUT2D eigenvalue weighted by Crippen LogP contribution is -2.39. The number of rotatable bonds is 4. The minimum absolute atomic E-state index is 0.000382. The number of fused-ring (bicyclic) bond motifs is 3. The highest BCUT2D eigenvalue weighted by molar-refractivity contribution is 6.42. The number of hydrogen-bond donors (Lipinski definition) is 1. The fourth-order valence-electron chi connectivity index (χ4n) is 3.35. The number of carbonyl (C=O) groups is 1. The van der Waals surface area contributed by atoms with E-state index in [0.717, 1.165) is 4.57 Å². The van der Waals surface area contributed by atoms with Crippen LogP contribution in [0.4, 0.5) is 0 Å². The summed E-state index contributed by atoms with van der Waals surface area (Å²) < 4.78 is 5.33. The molecule has 29 heavy (non-hydrogen) atoms. The Morgan fingerprint density at radius 1 is 1.17 bits per heavy atom. The maximum absolute atomic E-state index is 13.2. The van der Waals surface area contributed by atoms with Crippen molar-refractivity contribution >= 4 is 46.1 Å². The molecule has 0 saturated heterocycles. The van der Waals surface area contributed by atoms with Gasteiger partial charge in [0.05, 0.1) is 16.6 Å². The first-order chi connectivity index (χ1) is 13.7. The number of nitrogens with zero attached hydrogens (tertiary/aromatic N) is 5. The Morgan fingerprint density at radius 3 is 2.55 bits per heavy atom. The lowest BCUT2D eigenvalue weighted by atomic mass is 10.2. The summed E-state index contributed by atoms with van der Waals surface area (Å²) in [6.45, 7) is 1.41. The number of carboxylic acid groups (broad SMARTS) is 1. The lowest BCUT2D eigenvalue weighted by molar-refractivity contribution is -0.137. The third kappa shape index (κ3) is 3.02. The van der Waals surface area contributed by atoms with Crippen LogP contribution in [0.1, 0.15) is 11.3 Å². The van der Waals surface area contributed by atoms with Gasteiger partial charge in [0.15, 0.2) is 11.2 Å². The monoisotopic (exact) mass is 435 g/mol. The van der Waals surface area contributed by atoms with E-state index in [0.29, 0.717) is 21.3 Å². The number of benzene rings is 1. The summed E-state index contributed by atoms with van der Waals surface area (Å²) in [5.41, 5.74) is 0.554. The average molecular weight is 436 g/mol. The number of carboxylic acids is 1. The summed E-state index contributed by atoms with van der Waals surface area (Å²) >= 11 is 12.0. The zero-order valence-electron chi connectivity index (χ0n) is 15.4. The minimum atomic E-state index is -1.04. The van der Waals surface area contributed by atoms with E-state index in [9.17, 15) is 14.4 Å². The molecule has 3 heterocycles. The molecule has 1 aromatic carbocycles. The molecule has 0 aliphatic carbocycles. The SMILES string of the molecule is Cc1cn2c3c(=O)n(Cc4ccc(Cl)c(Cl)c4)c(=O)n(C)c3nc2n1CC(=O)O. The minimum Gasteiger partial charge on any atom is -0.480 e. The fourth-order valence-corrected chi connectivity index (χ4v) is 3.67. The molecule has 0 aliphatic rings. The van der Waals surface area contributed by atoms with Crippen LogP contribution in [-0.4, -0.2) is 34.2 Å². The molecule has 0 unspecified atom stereocenters. The summed E-state index contributed by atoms with van der Waals surface area (Å²) in [4.78, 5) is 41.5. The van der Waals surface area contributed by atoms with Crippen molar-refractivity contribution in [1.82, 2.24) is 23.1 Å². The molecular weight excluding hydrogens is 421 g/mol. The second-order valence-corrected chi connectivity index (χ2v) is 7.50. The van der Waals surface area contributed by atoms with Crippen molar-refractivity contribution < 1.29 is 9.90 Å². The average Bonchev–Trinajstić information content (AvgIpc) is 3.16. The van der Waals surface area contributed by atoms with E-state index in [-0.39, 0.29) is 30.0 Å². The van der Waals surface area contributed by atoms with Gasteiger partial charge in [-0.2, -0.15) is 4.98 Å². The van der Waals surface area contributed by atoms with Gasteiger partial charge in [0.2, 0.25) is 5.78 Å². The van der Waals surface area contributed by atoms with Gasteiger partial charge in [-0.25, -0.2) is 4.79 Å². The Balaban J connectivity index is 1.98. The highest BCUT2D eigenvalue weighted by atomic mass is 35.5. The lowest BCUT2D eigenvalue weighted by Gasteiger charge is -2.09. The number of halogens is 2. The van der Waals surface area contributed by atoms with Crippen molar-refractivity contribution in [3.63, 3.8) is 0 Å². The quantitative estimate of drug-likeness (QED) is 0.527. The topological polar surface area (TPSA) is 104 Å². The van der Waals surface area contributed by atoms with Gasteiger partial charge >= 0.3 is 11.7 Å². The van der Waals surface area contributed by atoms with E-state index >= 15 is 0 Å². The summed E-state index contributed by atoms with van der Waals surface area (Å²) in [6, 6.07) is 4.88. The molecule has 11 heteroatoms. The van der Waals surface area contributed by atoms with Crippen LogP contribution in [0.3, 0.4) is 0 Å². The number of aromatic nitrogens is 5.